The first-order valence-corrected chi connectivity index (χ1v) is 6.60. The molecule has 0 aromatic heterocycles. The molecule has 0 aromatic carbocycles. The molecule has 0 nitrogen and oxygen atoms in total. The van der Waals surface area contributed by atoms with Crippen LogP contribution in [-0.4, -0.2) is 19.0 Å². The monoisotopic (exact) mass is 397 g/mol. The number of alkyl halides is 1. The molecule has 0 fully saturated rings. The average molecular weight is 398 g/mol. The van der Waals surface area contributed by atoms with Crippen molar-refractivity contribution in [3.05, 3.63) is 28.2 Å². The van der Waals surface area contributed by atoms with Gasteiger partial charge < -0.3 is 28.2 Å². The molecule has 0 heterocycles. The summed E-state index contributed by atoms with van der Waals surface area (Å²) >= 11 is 5.30. The van der Waals surface area contributed by atoms with Gasteiger partial charge in [0, 0.05) is 28.0 Å². The molecule has 0 saturated carbocycles. The quantitative estimate of drug-likeness (QED) is 0.271. The number of rotatable bonds is 1. The first kappa shape index (κ1) is 29.3. The fourth-order valence-corrected chi connectivity index (χ4v) is 0. The summed E-state index contributed by atoms with van der Waals surface area (Å²) in [7, 11) is 0.751. The Morgan fingerprint density at radius 1 is 1.45 bits per heavy atom. The zero-order valence-corrected chi connectivity index (χ0v) is 12.6. The van der Waals surface area contributed by atoms with Gasteiger partial charge in [0.15, 0.2) is 0 Å². The van der Waals surface area contributed by atoms with Gasteiger partial charge in [-0.2, -0.15) is 0 Å². The predicted octanol–water partition coefficient (Wildman–Crippen LogP) is 4.07. The van der Waals surface area contributed by atoms with Gasteiger partial charge in [-0.25, -0.2) is 0 Å². The van der Waals surface area contributed by atoms with E-state index in [0.717, 1.165) is 14.2 Å². The second kappa shape index (κ2) is 29.7. The van der Waals surface area contributed by atoms with Gasteiger partial charge in [-0.1, -0.05) is 13.3 Å². The molecule has 1 radical (unpaired) electrons. The number of hydrogen-bond acceptors (Lipinski definition) is 0. The van der Waals surface area contributed by atoms with E-state index in [1.54, 1.807) is 0 Å². The van der Waals surface area contributed by atoms with E-state index in [4.69, 9.17) is 11.6 Å². The van der Waals surface area contributed by atoms with Crippen LogP contribution in [0.25, 0.3) is 0 Å². The van der Waals surface area contributed by atoms with Crippen LogP contribution in [0.2, 0.25) is 0 Å². The maximum atomic E-state index is 5.30. The van der Waals surface area contributed by atoms with Gasteiger partial charge in [0.25, 0.3) is 0 Å². The summed E-state index contributed by atoms with van der Waals surface area (Å²) in [6.07, 6.45) is 0. The van der Waals surface area contributed by atoms with Crippen molar-refractivity contribution in [3.8, 4) is 0 Å². The van der Waals surface area contributed by atoms with Crippen LogP contribution < -0.4 is 0 Å². The number of hydrogen-bond donors (Lipinski definition) is 0. The molecule has 2 unspecified atom stereocenters. The first-order chi connectivity index (χ1) is 3.68. The summed E-state index contributed by atoms with van der Waals surface area (Å²) in [4.78, 5) is 0. The molecule has 11 heavy (non-hydrogen) atoms. The van der Waals surface area contributed by atoms with Crippen LogP contribution in [0.3, 0.4) is 0 Å². The summed E-state index contributed by atoms with van der Waals surface area (Å²) in [5, 5.41) is 0. The third kappa shape index (κ3) is 76.9. The molecule has 0 N–H and O–H groups in total. The normalized spacial score (nSPS) is 9.55. The van der Waals surface area contributed by atoms with E-state index in [0.29, 0.717) is 0 Å². The SMILES string of the molecule is [Au].[CH2-]P(C)CCl.[CH2-]PC.[CH3-].[CH3-]. The molecule has 79 valence electrons. The largest absolute Gasteiger partial charge is 0.358 e. The summed E-state index contributed by atoms with van der Waals surface area (Å²) in [5.41, 5.74) is 0.731. The fourth-order valence-electron chi connectivity index (χ4n) is 0. The summed E-state index contributed by atoms with van der Waals surface area (Å²) < 4.78 is 0. The predicted molar refractivity (Wildman–Crippen MR) is 61.3 cm³/mol. The van der Waals surface area contributed by atoms with Crippen LogP contribution >= 0.6 is 28.1 Å². The van der Waals surface area contributed by atoms with Gasteiger partial charge in [-0.05, 0) is 0 Å². The Bertz CT molecular complexity index is 37.6. The zero-order chi connectivity index (χ0) is 6.99. The summed E-state index contributed by atoms with van der Waals surface area (Å²) in [5.74, 6) is 0. The Morgan fingerprint density at radius 3 is 1.55 bits per heavy atom. The smallest absolute Gasteiger partial charge is 0.0136 e. The minimum Gasteiger partial charge on any atom is -0.358 e. The van der Waals surface area contributed by atoms with Gasteiger partial charge >= 0.3 is 0 Å². The van der Waals surface area contributed by atoms with Crippen molar-refractivity contribution in [1.29, 1.82) is 0 Å². The van der Waals surface area contributed by atoms with E-state index in [1.807, 2.05) is 13.3 Å². The van der Waals surface area contributed by atoms with Crippen LogP contribution in [0.15, 0.2) is 0 Å². The fraction of sp³-hybridized carbons (Fsp3) is 0.429. The first-order valence-electron chi connectivity index (χ1n) is 2.20. The third-order valence-corrected chi connectivity index (χ3v) is 1.84. The van der Waals surface area contributed by atoms with Crippen molar-refractivity contribution in [2.75, 3.05) is 19.0 Å². The molecule has 0 saturated heterocycles. The van der Waals surface area contributed by atoms with E-state index in [2.05, 4.69) is 13.3 Å². The van der Waals surface area contributed by atoms with Crippen LogP contribution in [0.5, 0.6) is 0 Å². The molecule has 0 spiro atoms. The topological polar surface area (TPSA) is 0 Å². The van der Waals surface area contributed by atoms with Crippen LogP contribution in [-0.2, 0) is 22.4 Å². The van der Waals surface area contributed by atoms with E-state index < -0.39 is 0 Å². The second-order valence-electron chi connectivity index (χ2n) is 1.33. The molecule has 0 rings (SSSR count). The van der Waals surface area contributed by atoms with Gasteiger partial charge in [-0.15, -0.1) is 11.6 Å². The van der Waals surface area contributed by atoms with Crippen LogP contribution in [0, 0.1) is 28.2 Å². The third-order valence-electron chi connectivity index (χ3n) is 0.204. The van der Waals surface area contributed by atoms with Crippen molar-refractivity contribution in [2.45, 2.75) is 0 Å². The number of halogens is 1. The summed E-state index contributed by atoms with van der Waals surface area (Å²) in [6.45, 7) is 11.3. The standard InChI is InChI=1S/C3H7ClP.C2H6P.2CH3.Au/c1-5(2)3-4;1-3-2;;;/h1,3H2,2H3;3H,1H2,2H3;2*1H3;/q4*-1;. The molecule has 0 aliphatic rings. The van der Waals surface area contributed by atoms with E-state index in [9.17, 15) is 0 Å². The molecule has 2 atom stereocenters. The van der Waals surface area contributed by atoms with Gasteiger partial charge in [-0.3, -0.25) is 16.5 Å². The van der Waals surface area contributed by atoms with Gasteiger partial charge in [0.1, 0.15) is 0 Å². The molecule has 0 aliphatic heterocycles. The zero-order valence-electron chi connectivity index (χ0n) is 7.75. The second-order valence-corrected chi connectivity index (χ2v) is 4.70. The van der Waals surface area contributed by atoms with E-state index in [-0.39, 0.29) is 45.2 Å². The van der Waals surface area contributed by atoms with E-state index >= 15 is 0 Å². The van der Waals surface area contributed by atoms with Crippen LogP contribution in [0.4, 0.5) is 0 Å². The van der Waals surface area contributed by atoms with Crippen molar-refractivity contribution in [2.24, 2.45) is 0 Å². The maximum Gasteiger partial charge on any atom is 0.0136 e. The molecule has 4 heteroatoms. The minimum absolute atomic E-state index is 0. The molecule has 0 aromatic rings. The van der Waals surface area contributed by atoms with Crippen molar-refractivity contribution in [3.63, 3.8) is 0 Å². The van der Waals surface area contributed by atoms with Crippen molar-refractivity contribution >= 4 is 28.1 Å². The molecule has 0 amide bonds. The van der Waals surface area contributed by atoms with Gasteiger partial charge in [0.2, 0.25) is 0 Å². The Balaban J connectivity index is -0.0000000183. The Labute approximate surface area is 97.3 Å². The van der Waals surface area contributed by atoms with Crippen molar-refractivity contribution < 1.29 is 22.4 Å². The summed E-state index contributed by atoms with van der Waals surface area (Å²) in [6, 6.07) is 0. The molecule has 0 bridgehead atoms. The molecular formula is C7H19AuClP2-4. The van der Waals surface area contributed by atoms with Gasteiger partial charge in [0.05, 0.1) is 0 Å². The minimum atomic E-state index is -0.0828. The van der Waals surface area contributed by atoms with Crippen LogP contribution in [0.1, 0.15) is 0 Å². The average Bonchev–Trinajstić information content (AvgIpc) is 1.69. The van der Waals surface area contributed by atoms with Crippen molar-refractivity contribution in [1.82, 2.24) is 0 Å². The molecular weight excluding hydrogens is 378 g/mol. The Kier molecular flexibility index (Phi) is 79.0. The van der Waals surface area contributed by atoms with E-state index in [1.165, 1.54) is 0 Å². The Hall–Kier alpha value is 1.89. The molecule has 0 aliphatic carbocycles. The maximum absolute atomic E-state index is 5.30. The Morgan fingerprint density at radius 2 is 1.55 bits per heavy atom.